The third-order valence-electron chi connectivity index (χ3n) is 11.9. The fourth-order valence-corrected chi connectivity index (χ4v) is 10.5. The first-order valence-electron chi connectivity index (χ1n) is 21.1. The number of unbranched alkanes of at least 4 members (excludes halogenated alkanes) is 6. The molecule has 0 aliphatic heterocycles. The highest BCUT2D eigenvalue weighted by Crippen LogP contribution is 2.73. The molecule has 6 saturated carbocycles. The van der Waals surface area contributed by atoms with Gasteiger partial charge in [0, 0.05) is 43.6 Å². The second-order valence-electron chi connectivity index (χ2n) is 19.7. The molecule has 4 bridgehead atoms. The molecular weight excluding hydrogens is 689 g/mol. The maximum absolute atomic E-state index is 6.72. The lowest BCUT2D eigenvalue weighted by atomic mass is 9.36. The van der Waals surface area contributed by atoms with E-state index in [-0.39, 0.29) is 21.7 Å². The van der Waals surface area contributed by atoms with Crippen molar-refractivity contribution >= 4 is 37.7 Å². The Balaban J connectivity index is 1.22. The van der Waals surface area contributed by atoms with Crippen LogP contribution in [-0.4, -0.2) is 29.4 Å². The van der Waals surface area contributed by atoms with Crippen molar-refractivity contribution in [2.24, 2.45) is 21.7 Å². The van der Waals surface area contributed by atoms with Gasteiger partial charge in [-0.05, 0) is 98.5 Å². The Bertz CT molecular complexity index is 1990. The van der Waals surface area contributed by atoms with E-state index in [1.54, 1.807) is 0 Å². The minimum Gasteiger partial charge on any atom is -0.489 e. The van der Waals surface area contributed by atoms with Gasteiger partial charge in [0.25, 0.3) is 0 Å². The summed E-state index contributed by atoms with van der Waals surface area (Å²) in [7, 11) is -2.73. The van der Waals surface area contributed by atoms with Gasteiger partial charge in [0.2, 0.25) is 0 Å². The lowest BCUT2D eigenvalue weighted by molar-refractivity contribution is -0.113. The predicted octanol–water partition coefficient (Wildman–Crippen LogP) is 12.7. The number of hydrogen-bond donors (Lipinski definition) is 0. The summed E-state index contributed by atoms with van der Waals surface area (Å²) in [6.45, 7) is 19.9. The molecule has 0 spiro atoms. The van der Waals surface area contributed by atoms with Gasteiger partial charge in [0.05, 0.1) is 13.2 Å². The van der Waals surface area contributed by atoms with Crippen LogP contribution < -0.4 is 9.47 Å². The van der Waals surface area contributed by atoms with Crippen molar-refractivity contribution in [3.05, 3.63) is 47.5 Å². The third-order valence-corrected chi connectivity index (χ3v) is 13.7. The number of benzene rings is 3. The van der Waals surface area contributed by atoms with Crippen molar-refractivity contribution in [1.82, 2.24) is 0 Å². The number of hydrogen-bond acceptors (Lipinski definition) is 2. The third kappa shape index (κ3) is 8.33. The van der Waals surface area contributed by atoms with Crippen LogP contribution in [-0.2, 0) is 0 Å². The van der Waals surface area contributed by atoms with Gasteiger partial charge in [-0.3, -0.25) is 0 Å². The average Bonchev–Trinajstić information content (AvgIpc) is 3.05. The summed E-state index contributed by atoms with van der Waals surface area (Å²) in [5, 5.41) is 4.54. The summed E-state index contributed by atoms with van der Waals surface area (Å²) in [6.07, 6.45) is 16.1. The molecule has 0 radical (unpaired) electrons. The average molecular weight is 751 g/mol. The number of rotatable bonds is 12. The highest BCUT2D eigenvalue weighted by Gasteiger charge is 2.67. The van der Waals surface area contributed by atoms with E-state index >= 15 is 0 Å². The molecule has 0 amide bonds. The Morgan fingerprint density at radius 3 is 1.20 bits per heavy atom. The van der Waals surface area contributed by atoms with Crippen molar-refractivity contribution in [2.45, 2.75) is 143 Å². The molecule has 2 nitrogen and oxygen atoms in total. The minimum absolute atomic E-state index is 0.149. The largest absolute Gasteiger partial charge is 0.489 e. The van der Waals surface area contributed by atoms with Crippen LogP contribution in [0.2, 0.25) is 39.3 Å². The topological polar surface area (TPSA) is 18.5 Å². The molecule has 282 valence electrons. The van der Waals surface area contributed by atoms with E-state index in [1.807, 2.05) is 0 Å². The van der Waals surface area contributed by atoms with Crippen LogP contribution in [0.3, 0.4) is 0 Å². The lowest BCUT2D eigenvalue weighted by Gasteiger charge is -2.66. The Morgan fingerprint density at radius 2 is 0.852 bits per heavy atom. The van der Waals surface area contributed by atoms with E-state index in [9.17, 15) is 0 Å². The molecular formula is C50H62O2Si2. The van der Waals surface area contributed by atoms with Gasteiger partial charge in [-0.25, -0.2) is 0 Å². The highest BCUT2D eigenvalue weighted by molar-refractivity contribution is 6.84. The first-order chi connectivity index (χ1) is 25.7. The Morgan fingerprint density at radius 1 is 0.481 bits per heavy atom. The molecule has 0 aromatic heterocycles. The second kappa shape index (κ2) is 14.8. The Hall–Kier alpha value is -3.55. The summed E-state index contributed by atoms with van der Waals surface area (Å²) in [6, 6.07) is 13.4. The SMILES string of the molecule is CCCCCCOc1c(OCCCCCC)c2ccc(C#CC34CC(C#C[Si](C)(C)C)(C3)C4)cc2c2cc(C#CC34CC(C#C[Si](C)(C)C)(C3)C4)ccc12. The first-order valence-corrected chi connectivity index (χ1v) is 28.1. The van der Waals surface area contributed by atoms with Gasteiger partial charge in [0.15, 0.2) is 11.5 Å². The summed E-state index contributed by atoms with van der Waals surface area (Å²) >= 11 is 0. The van der Waals surface area contributed by atoms with E-state index in [2.05, 4.69) is 136 Å². The standard InChI is InChI=1S/C50H62O2Si2/c1-9-11-13-15-27-51-45-41-19-17-39(21-23-47-33-49(34-47,35-47)25-29-53(3,4)5)31-43(41)44-32-40(18-20-42(44)46(45)52-28-16-14-12-10-2)22-24-48-36-50(37-48,38-48)26-30-54(6,7)8/h17-20,31-32H,9-16,27-28,33-38H2,1-8H3. The van der Waals surface area contributed by atoms with Crippen LogP contribution in [0.1, 0.15) is 115 Å². The fraction of sp³-hybridized carbons (Fsp3) is 0.560. The molecule has 6 aliphatic carbocycles. The van der Waals surface area contributed by atoms with Gasteiger partial charge < -0.3 is 9.47 Å². The van der Waals surface area contributed by atoms with Crippen LogP contribution in [0.5, 0.6) is 11.5 Å². The maximum Gasteiger partial charge on any atom is 0.169 e. The van der Waals surface area contributed by atoms with Crippen molar-refractivity contribution < 1.29 is 9.47 Å². The molecule has 0 atom stereocenters. The van der Waals surface area contributed by atoms with Crippen molar-refractivity contribution in [2.75, 3.05) is 13.2 Å². The van der Waals surface area contributed by atoms with Gasteiger partial charge in [-0.15, -0.1) is 22.9 Å². The zero-order valence-electron chi connectivity index (χ0n) is 34.6. The zero-order chi connectivity index (χ0) is 38.2. The molecule has 54 heavy (non-hydrogen) atoms. The summed E-state index contributed by atoms with van der Waals surface area (Å²) in [5.41, 5.74) is 10.2. The van der Waals surface area contributed by atoms with Crippen LogP contribution in [0.25, 0.3) is 21.5 Å². The van der Waals surface area contributed by atoms with E-state index in [1.165, 1.54) is 49.3 Å². The van der Waals surface area contributed by atoms with Gasteiger partial charge in [-0.1, -0.05) is 115 Å². The summed E-state index contributed by atoms with van der Waals surface area (Å²) in [4.78, 5) is 0. The number of ether oxygens (including phenoxy) is 2. The predicted molar refractivity (Wildman–Crippen MR) is 234 cm³/mol. The highest BCUT2D eigenvalue weighted by atomic mass is 28.3. The van der Waals surface area contributed by atoms with Crippen LogP contribution >= 0.6 is 0 Å². The Labute approximate surface area is 329 Å². The van der Waals surface area contributed by atoms with E-state index in [4.69, 9.17) is 9.47 Å². The normalized spacial score (nSPS) is 25.8. The second-order valence-corrected chi connectivity index (χ2v) is 29.2. The van der Waals surface area contributed by atoms with Gasteiger partial charge in [0.1, 0.15) is 16.1 Å². The van der Waals surface area contributed by atoms with Crippen molar-refractivity contribution in [3.8, 4) is 58.1 Å². The van der Waals surface area contributed by atoms with Crippen LogP contribution in [0.15, 0.2) is 36.4 Å². The van der Waals surface area contributed by atoms with E-state index in [0.29, 0.717) is 13.2 Å². The van der Waals surface area contributed by atoms with Gasteiger partial charge >= 0.3 is 0 Å². The molecule has 0 unspecified atom stereocenters. The molecule has 3 aromatic rings. The molecule has 6 aliphatic rings. The monoisotopic (exact) mass is 750 g/mol. The zero-order valence-corrected chi connectivity index (χ0v) is 36.6. The molecule has 0 heterocycles. The molecule has 9 rings (SSSR count). The molecule has 3 aromatic carbocycles. The quantitative estimate of drug-likeness (QED) is 0.0794. The van der Waals surface area contributed by atoms with Crippen molar-refractivity contribution in [1.29, 1.82) is 0 Å². The van der Waals surface area contributed by atoms with Gasteiger partial charge in [-0.2, -0.15) is 0 Å². The van der Waals surface area contributed by atoms with E-state index < -0.39 is 16.1 Å². The fourth-order valence-electron chi connectivity index (χ4n) is 9.18. The van der Waals surface area contributed by atoms with Crippen LogP contribution in [0.4, 0.5) is 0 Å². The summed E-state index contributed by atoms with van der Waals surface area (Å²) in [5.74, 6) is 23.8. The molecule has 0 N–H and O–H groups in total. The smallest absolute Gasteiger partial charge is 0.169 e. The summed E-state index contributed by atoms with van der Waals surface area (Å²) < 4.78 is 13.4. The molecule has 4 heteroatoms. The van der Waals surface area contributed by atoms with Crippen LogP contribution in [0, 0.1) is 68.3 Å². The van der Waals surface area contributed by atoms with E-state index in [0.717, 1.165) is 84.8 Å². The number of fused-ring (bicyclic) bond motifs is 3. The van der Waals surface area contributed by atoms with Crippen molar-refractivity contribution in [3.63, 3.8) is 0 Å². The first kappa shape index (κ1) is 38.7. The minimum atomic E-state index is -1.36. The molecule has 6 fully saturated rings. The molecule has 0 saturated heterocycles. The Kier molecular flexibility index (Phi) is 10.6. The maximum atomic E-state index is 6.72. The lowest BCUT2D eigenvalue weighted by Crippen LogP contribution is -2.60.